The Morgan fingerprint density at radius 2 is 1.89 bits per heavy atom. The van der Waals surface area contributed by atoms with Gasteiger partial charge in [0.25, 0.3) is 5.91 Å². The SMILES string of the molecule is CCN1C(=O)C(C)(OC)c2cc3c(C)nnc(N[C@H](C)c4cccc(C(F)(F)C(C)(C)O)c4)c3cc21. The number of amides is 1. The second-order valence-corrected chi connectivity index (χ2v) is 9.96. The summed E-state index contributed by atoms with van der Waals surface area (Å²) in [5.41, 5.74) is -0.766. The molecule has 0 saturated carbocycles. The zero-order valence-electron chi connectivity index (χ0n) is 21.6. The Morgan fingerprint density at radius 1 is 1.19 bits per heavy atom. The van der Waals surface area contributed by atoms with Gasteiger partial charge in [-0.05, 0) is 65.3 Å². The number of aryl methyl sites for hydroxylation is 1. The van der Waals surface area contributed by atoms with E-state index < -0.39 is 23.2 Å². The number of hydrogen-bond donors (Lipinski definition) is 2. The van der Waals surface area contributed by atoms with Crippen molar-refractivity contribution in [2.24, 2.45) is 0 Å². The first-order chi connectivity index (χ1) is 16.8. The van der Waals surface area contributed by atoms with Gasteiger partial charge in [-0.15, -0.1) is 5.10 Å². The number of anilines is 2. The normalized spacial score (nSPS) is 19.1. The molecule has 2 aromatic carbocycles. The van der Waals surface area contributed by atoms with Crippen molar-refractivity contribution < 1.29 is 23.4 Å². The molecule has 1 unspecified atom stereocenters. The topological polar surface area (TPSA) is 87.6 Å². The smallest absolute Gasteiger partial charge is 0.300 e. The molecule has 0 bridgehead atoms. The number of aliphatic hydroxyl groups is 1. The Labute approximate surface area is 209 Å². The Hall–Kier alpha value is -3.17. The maximum absolute atomic E-state index is 14.8. The highest BCUT2D eigenvalue weighted by molar-refractivity contribution is 6.10. The largest absolute Gasteiger partial charge is 0.384 e. The first-order valence-electron chi connectivity index (χ1n) is 11.9. The van der Waals surface area contributed by atoms with E-state index in [1.54, 1.807) is 24.0 Å². The van der Waals surface area contributed by atoms with Crippen LogP contribution in [0.2, 0.25) is 0 Å². The highest BCUT2D eigenvalue weighted by atomic mass is 19.3. The van der Waals surface area contributed by atoms with Crippen molar-refractivity contribution >= 4 is 28.2 Å². The van der Waals surface area contributed by atoms with E-state index in [0.717, 1.165) is 35.9 Å². The summed E-state index contributed by atoms with van der Waals surface area (Å²) in [4.78, 5) is 14.8. The summed E-state index contributed by atoms with van der Waals surface area (Å²) in [6, 6.07) is 9.41. The number of halogens is 2. The van der Waals surface area contributed by atoms with Crippen molar-refractivity contribution in [3.05, 3.63) is 58.8 Å². The van der Waals surface area contributed by atoms with E-state index in [1.165, 1.54) is 19.2 Å². The average molecular weight is 499 g/mol. The fraction of sp³-hybridized carbons (Fsp3) is 0.444. The zero-order valence-corrected chi connectivity index (χ0v) is 21.6. The number of nitrogens with one attached hydrogen (secondary N) is 1. The van der Waals surface area contributed by atoms with Crippen molar-refractivity contribution in [3.8, 4) is 0 Å². The number of hydrogen-bond acceptors (Lipinski definition) is 6. The van der Waals surface area contributed by atoms with Crippen molar-refractivity contribution in [2.75, 3.05) is 23.9 Å². The van der Waals surface area contributed by atoms with Crippen LogP contribution in [0.25, 0.3) is 10.8 Å². The number of carbonyl (C=O) groups excluding carboxylic acids is 1. The van der Waals surface area contributed by atoms with E-state index >= 15 is 0 Å². The van der Waals surface area contributed by atoms with Gasteiger partial charge >= 0.3 is 5.92 Å². The predicted octanol–water partition coefficient (Wildman–Crippen LogP) is 5.20. The summed E-state index contributed by atoms with van der Waals surface area (Å²) in [5.74, 6) is -3.09. The molecule has 36 heavy (non-hydrogen) atoms. The molecule has 4 rings (SSSR count). The molecule has 1 aliphatic rings. The maximum Gasteiger partial charge on any atom is 0.300 e. The minimum atomic E-state index is -3.43. The minimum Gasteiger partial charge on any atom is -0.384 e. The first kappa shape index (κ1) is 25.9. The third-order valence-electron chi connectivity index (χ3n) is 7.13. The van der Waals surface area contributed by atoms with Gasteiger partial charge in [0.1, 0.15) is 5.60 Å². The Kier molecular flexibility index (Phi) is 6.29. The van der Waals surface area contributed by atoms with Gasteiger partial charge < -0.3 is 20.1 Å². The number of methoxy groups -OCH3 is 1. The van der Waals surface area contributed by atoms with Crippen LogP contribution in [-0.4, -0.2) is 40.5 Å². The molecule has 1 aromatic heterocycles. The number of carbonyl (C=O) groups is 1. The lowest BCUT2D eigenvalue weighted by Gasteiger charge is -2.30. The monoisotopic (exact) mass is 498 g/mol. The molecule has 0 radical (unpaired) electrons. The van der Waals surface area contributed by atoms with Crippen LogP contribution in [0.5, 0.6) is 0 Å². The molecule has 1 amide bonds. The van der Waals surface area contributed by atoms with Gasteiger partial charge in [-0.25, -0.2) is 0 Å². The standard InChI is InChI=1S/C27H32F2N4O3/c1-8-33-22-14-20-19(13-21(22)26(6,36-7)24(33)34)16(3)31-32-23(20)30-15(2)17-10-9-11-18(12-17)27(28,29)25(4,5)35/h9-15,35H,8H2,1-7H3,(H,30,32)/t15-,26?/m1/s1. The van der Waals surface area contributed by atoms with Crippen molar-refractivity contribution in [3.63, 3.8) is 0 Å². The molecule has 0 saturated heterocycles. The highest BCUT2D eigenvalue weighted by Gasteiger charge is 2.48. The second-order valence-electron chi connectivity index (χ2n) is 9.96. The summed E-state index contributed by atoms with van der Waals surface area (Å²) in [6.45, 7) is 10.0. The van der Waals surface area contributed by atoms with E-state index in [2.05, 4.69) is 15.5 Å². The molecule has 2 atom stereocenters. The summed E-state index contributed by atoms with van der Waals surface area (Å²) in [6.07, 6.45) is 0. The molecule has 3 aromatic rings. The molecule has 9 heteroatoms. The number of likely N-dealkylation sites (N-methyl/N-ethyl adjacent to an activating group) is 1. The number of fused-ring (bicyclic) bond motifs is 2. The summed E-state index contributed by atoms with van der Waals surface area (Å²) >= 11 is 0. The lowest BCUT2D eigenvalue weighted by Crippen LogP contribution is -2.40. The maximum atomic E-state index is 14.8. The van der Waals surface area contributed by atoms with E-state index in [9.17, 15) is 18.7 Å². The van der Waals surface area contributed by atoms with Crippen molar-refractivity contribution in [2.45, 2.75) is 64.7 Å². The first-order valence-corrected chi connectivity index (χ1v) is 11.9. The Balaban J connectivity index is 1.77. The van der Waals surface area contributed by atoms with Gasteiger partial charge in [-0.3, -0.25) is 4.79 Å². The molecule has 0 spiro atoms. The molecule has 7 nitrogen and oxygen atoms in total. The Morgan fingerprint density at radius 3 is 2.50 bits per heavy atom. The third-order valence-corrected chi connectivity index (χ3v) is 7.13. The van der Waals surface area contributed by atoms with Crippen LogP contribution in [0, 0.1) is 6.92 Å². The summed E-state index contributed by atoms with van der Waals surface area (Å²) < 4.78 is 35.2. The third kappa shape index (κ3) is 3.90. The van der Waals surface area contributed by atoms with Gasteiger partial charge in [-0.1, -0.05) is 18.2 Å². The number of alkyl halides is 2. The number of benzene rings is 2. The molecule has 2 N–H and O–H groups in total. The van der Waals surface area contributed by atoms with Crippen LogP contribution in [0.4, 0.5) is 20.3 Å². The molecule has 1 aliphatic heterocycles. The molecule has 2 heterocycles. The van der Waals surface area contributed by atoms with Crippen LogP contribution >= 0.6 is 0 Å². The minimum absolute atomic E-state index is 0.135. The fourth-order valence-electron chi connectivity index (χ4n) is 4.67. The number of rotatable bonds is 7. The van der Waals surface area contributed by atoms with E-state index in [0.29, 0.717) is 23.6 Å². The van der Waals surface area contributed by atoms with Gasteiger partial charge in [0.05, 0.1) is 17.4 Å². The zero-order chi connectivity index (χ0) is 26.6. The summed E-state index contributed by atoms with van der Waals surface area (Å²) in [5, 5.41) is 23.5. The summed E-state index contributed by atoms with van der Waals surface area (Å²) in [7, 11) is 1.52. The van der Waals surface area contributed by atoms with Crippen LogP contribution < -0.4 is 10.2 Å². The molecule has 192 valence electrons. The van der Waals surface area contributed by atoms with E-state index in [1.807, 2.05) is 32.9 Å². The van der Waals surface area contributed by atoms with E-state index in [-0.39, 0.29) is 11.5 Å². The van der Waals surface area contributed by atoms with Crippen molar-refractivity contribution in [1.82, 2.24) is 10.2 Å². The van der Waals surface area contributed by atoms with Crippen LogP contribution in [-0.2, 0) is 21.1 Å². The predicted molar refractivity (Wildman–Crippen MR) is 135 cm³/mol. The highest BCUT2D eigenvalue weighted by Crippen LogP contribution is 2.45. The second kappa shape index (κ2) is 8.74. The fourth-order valence-corrected chi connectivity index (χ4v) is 4.67. The van der Waals surface area contributed by atoms with E-state index in [4.69, 9.17) is 4.74 Å². The van der Waals surface area contributed by atoms with Crippen LogP contribution in [0.1, 0.15) is 63.0 Å². The lowest BCUT2D eigenvalue weighted by molar-refractivity contribution is -0.168. The van der Waals surface area contributed by atoms with Gasteiger partial charge in [-0.2, -0.15) is 13.9 Å². The average Bonchev–Trinajstić information content (AvgIpc) is 3.05. The van der Waals surface area contributed by atoms with Gasteiger partial charge in [0.2, 0.25) is 0 Å². The van der Waals surface area contributed by atoms with Crippen molar-refractivity contribution in [1.29, 1.82) is 0 Å². The molecule has 0 aliphatic carbocycles. The molecular formula is C27H32F2N4O3. The van der Waals surface area contributed by atoms with Gasteiger partial charge in [0, 0.05) is 35.6 Å². The number of nitrogens with zero attached hydrogens (tertiary/aromatic N) is 3. The van der Waals surface area contributed by atoms with Crippen LogP contribution in [0.15, 0.2) is 36.4 Å². The molecule has 0 fully saturated rings. The Bertz CT molecular complexity index is 1340. The van der Waals surface area contributed by atoms with Crippen LogP contribution in [0.3, 0.4) is 0 Å². The quantitative estimate of drug-likeness (QED) is 0.466. The van der Waals surface area contributed by atoms with Gasteiger partial charge in [0.15, 0.2) is 11.4 Å². The number of ether oxygens (including phenoxy) is 1. The molecular weight excluding hydrogens is 466 g/mol. The lowest BCUT2D eigenvalue weighted by atomic mass is 9.91. The number of aromatic nitrogens is 2.